The van der Waals surface area contributed by atoms with Gasteiger partial charge in [-0.05, 0) is 49.8 Å². The van der Waals surface area contributed by atoms with Crippen molar-refractivity contribution in [1.29, 1.82) is 0 Å². The maximum atomic E-state index is 11.0. The molecule has 0 amide bonds. The zero-order valence-corrected chi connectivity index (χ0v) is 13.2. The molecule has 0 saturated carbocycles. The Morgan fingerprint density at radius 2 is 2.23 bits per heavy atom. The zero-order chi connectivity index (χ0) is 15.4. The van der Waals surface area contributed by atoms with Crippen molar-refractivity contribution in [3.63, 3.8) is 0 Å². The molecular formula is C18H25N3O. The van der Waals surface area contributed by atoms with Gasteiger partial charge in [0, 0.05) is 31.5 Å². The van der Waals surface area contributed by atoms with Crippen LogP contribution in [0.25, 0.3) is 0 Å². The third-order valence-corrected chi connectivity index (χ3v) is 4.65. The number of rotatable bonds is 6. The molecule has 1 aliphatic carbocycles. The van der Waals surface area contributed by atoms with Gasteiger partial charge in [-0.3, -0.25) is 4.68 Å². The van der Waals surface area contributed by atoms with E-state index in [1.807, 2.05) is 23.0 Å². The Morgan fingerprint density at radius 3 is 3.05 bits per heavy atom. The molecule has 2 aromatic rings. The van der Waals surface area contributed by atoms with Crippen LogP contribution in [0.2, 0.25) is 0 Å². The maximum Gasteiger partial charge on any atom is 0.102 e. The predicted octanol–water partition coefficient (Wildman–Crippen LogP) is 2.48. The van der Waals surface area contributed by atoms with Crippen molar-refractivity contribution >= 4 is 0 Å². The van der Waals surface area contributed by atoms with E-state index in [9.17, 15) is 5.11 Å². The SMILES string of the molecule is CC(CCn1cccn1)NCC1(O)CCCc2ccccc21. The summed E-state index contributed by atoms with van der Waals surface area (Å²) in [7, 11) is 0. The molecule has 1 aromatic carbocycles. The van der Waals surface area contributed by atoms with Crippen LogP contribution in [0.1, 0.15) is 37.3 Å². The quantitative estimate of drug-likeness (QED) is 0.861. The predicted molar refractivity (Wildman–Crippen MR) is 87.6 cm³/mol. The highest BCUT2D eigenvalue weighted by Gasteiger charge is 2.33. The number of hydrogen-bond donors (Lipinski definition) is 2. The number of aromatic nitrogens is 2. The molecule has 0 fully saturated rings. The standard InChI is InChI=1S/C18H25N3O/c1-15(9-13-21-12-5-11-20-21)19-14-18(22)10-4-7-16-6-2-3-8-17(16)18/h2-3,5-6,8,11-12,15,19,22H,4,7,9-10,13-14H2,1H3. The first-order valence-corrected chi connectivity index (χ1v) is 8.19. The fourth-order valence-corrected chi connectivity index (χ4v) is 3.29. The van der Waals surface area contributed by atoms with E-state index in [1.165, 1.54) is 5.56 Å². The van der Waals surface area contributed by atoms with Gasteiger partial charge in [-0.25, -0.2) is 0 Å². The van der Waals surface area contributed by atoms with Gasteiger partial charge in [-0.1, -0.05) is 24.3 Å². The van der Waals surface area contributed by atoms with E-state index >= 15 is 0 Å². The van der Waals surface area contributed by atoms with E-state index in [0.29, 0.717) is 12.6 Å². The minimum atomic E-state index is -0.727. The van der Waals surface area contributed by atoms with Crippen LogP contribution < -0.4 is 5.32 Å². The second-order valence-electron chi connectivity index (χ2n) is 6.38. The normalized spacial score (nSPS) is 22.3. The number of hydrogen-bond acceptors (Lipinski definition) is 3. The Kier molecular flexibility index (Phi) is 4.60. The summed E-state index contributed by atoms with van der Waals surface area (Å²) in [6.45, 7) is 3.68. The Bertz CT molecular complexity index is 596. The molecule has 2 unspecified atom stereocenters. The van der Waals surface area contributed by atoms with E-state index in [1.54, 1.807) is 6.20 Å². The van der Waals surface area contributed by atoms with Crippen molar-refractivity contribution in [2.45, 2.75) is 50.8 Å². The van der Waals surface area contributed by atoms with Crippen LogP contribution >= 0.6 is 0 Å². The highest BCUT2D eigenvalue weighted by atomic mass is 16.3. The van der Waals surface area contributed by atoms with Crippen LogP contribution in [0, 0.1) is 0 Å². The molecular weight excluding hydrogens is 274 g/mol. The Morgan fingerprint density at radius 1 is 1.36 bits per heavy atom. The van der Waals surface area contributed by atoms with E-state index in [-0.39, 0.29) is 0 Å². The smallest absolute Gasteiger partial charge is 0.102 e. The molecule has 1 aliphatic rings. The van der Waals surface area contributed by atoms with E-state index in [4.69, 9.17) is 0 Å². The Balaban J connectivity index is 1.56. The Labute approximate surface area is 132 Å². The van der Waals surface area contributed by atoms with Crippen LogP contribution in [0.4, 0.5) is 0 Å². The van der Waals surface area contributed by atoms with Gasteiger partial charge in [0.25, 0.3) is 0 Å². The number of fused-ring (bicyclic) bond motifs is 1. The van der Waals surface area contributed by atoms with Crippen molar-refractivity contribution in [3.05, 3.63) is 53.9 Å². The molecule has 0 bridgehead atoms. The summed E-state index contributed by atoms with van der Waals surface area (Å²) in [5, 5.41) is 18.8. The topological polar surface area (TPSA) is 50.1 Å². The summed E-state index contributed by atoms with van der Waals surface area (Å²) in [4.78, 5) is 0. The lowest BCUT2D eigenvalue weighted by Gasteiger charge is -2.35. The van der Waals surface area contributed by atoms with Gasteiger partial charge in [0.05, 0.1) is 0 Å². The van der Waals surface area contributed by atoms with Crippen molar-refractivity contribution in [1.82, 2.24) is 15.1 Å². The van der Waals surface area contributed by atoms with E-state index < -0.39 is 5.60 Å². The third-order valence-electron chi connectivity index (χ3n) is 4.65. The summed E-state index contributed by atoms with van der Waals surface area (Å²) >= 11 is 0. The fraction of sp³-hybridized carbons (Fsp3) is 0.500. The molecule has 2 atom stereocenters. The first kappa shape index (κ1) is 15.3. The maximum absolute atomic E-state index is 11.0. The van der Waals surface area contributed by atoms with Crippen LogP contribution in [0.3, 0.4) is 0 Å². The van der Waals surface area contributed by atoms with Gasteiger partial charge < -0.3 is 10.4 Å². The minimum absolute atomic E-state index is 0.349. The highest BCUT2D eigenvalue weighted by Crippen LogP contribution is 2.34. The molecule has 4 heteroatoms. The first-order chi connectivity index (χ1) is 10.7. The lowest BCUT2D eigenvalue weighted by Crippen LogP contribution is -2.44. The van der Waals surface area contributed by atoms with Gasteiger partial charge in [0.15, 0.2) is 0 Å². The van der Waals surface area contributed by atoms with Crippen molar-refractivity contribution in [2.75, 3.05) is 6.54 Å². The average Bonchev–Trinajstić information content (AvgIpc) is 3.05. The molecule has 2 N–H and O–H groups in total. The lowest BCUT2D eigenvalue weighted by molar-refractivity contribution is 0.0167. The highest BCUT2D eigenvalue weighted by molar-refractivity contribution is 5.35. The third kappa shape index (κ3) is 3.39. The summed E-state index contributed by atoms with van der Waals surface area (Å²) in [5.74, 6) is 0. The van der Waals surface area contributed by atoms with E-state index in [2.05, 4.69) is 35.5 Å². The van der Waals surface area contributed by atoms with Gasteiger partial charge in [0.2, 0.25) is 0 Å². The van der Waals surface area contributed by atoms with Crippen LogP contribution in [-0.4, -0.2) is 27.5 Å². The van der Waals surface area contributed by atoms with Crippen LogP contribution in [0.15, 0.2) is 42.7 Å². The summed E-state index contributed by atoms with van der Waals surface area (Å²) in [5.41, 5.74) is 1.67. The van der Waals surface area contributed by atoms with Crippen LogP contribution in [0.5, 0.6) is 0 Å². The van der Waals surface area contributed by atoms with Crippen LogP contribution in [-0.2, 0) is 18.6 Å². The average molecular weight is 299 g/mol. The molecule has 0 spiro atoms. The summed E-state index contributed by atoms with van der Waals surface area (Å²) in [6.07, 6.45) is 7.75. The molecule has 3 rings (SSSR count). The Hall–Kier alpha value is -1.65. The first-order valence-electron chi connectivity index (χ1n) is 8.19. The largest absolute Gasteiger partial charge is 0.384 e. The number of aliphatic hydroxyl groups is 1. The van der Waals surface area contributed by atoms with Gasteiger partial charge >= 0.3 is 0 Å². The summed E-state index contributed by atoms with van der Waals surface area (Å²) < 4.78 is 1.95. The minimum Gasteiger partial charge on any atom is -0.384 e. The molecule has 1 aromatic heterocycles. The molecule has 118 valence electrons. The van der Waals surface area contributed by atoms with Crippen molar-refractivity contribution in [3.8, 4) is 0 Å². The van der Waals surface area contributed by atoms with Gasteiger partial charge in [0.1, 0.15) is 5.60 Å². The molecule has 0 radical (unpaired) electrons. The lowest BCUT2D eigenvalue weighted by atomic mass is 9.79. The number of aryl methyl sites for hydroxylation is 2. The second kappa shape index (κ2) is 6.63. The number of benzene rings is 1. The van der Waals surface area contributed by atoms with Gasteiger partial charge in [-0.15, -0.1) is 0 Å². The van der Waals surface area contributed by atoms with Crippen molar-refractivity contribution in [2.24, 2.45) is 0 Å². The number of nitrogens with one attached hydrogen (secondary N) is 1. The van der Waals surface area contributed by atoms with Gasteiger partial charge in [-0.2, -0.15) is 5.10 Å². The molecule has 4 nitrogen and oxygen atoms in total. The van der Waals surface area contributed by atoms with Crippen molar-refractivity contribution < 1.29 is 5.11 Å². The number of nitrogens with zero attached hydrogens (tertiary/aromatic N) is 2. The molecule has 22 heavy (non-hydrogen) atoms. The molecule has 0 aliphatic heterocycles. The zero-order valence-electron chi connectivity index (χ0n) is 13.2. The monoisotopic (exact) mass is 299 g/mol. The second-order valence-corrected chi connectivity index (χ2v) is 6.38. The molecule has 1 heterocycles. The van der Waals surface area contributed by atoms with E-state index in [0.717, 1.165) is 37.8 Å². The fourth-order valence-electron chi connectivity index (χ4n) is 3.29. The summed E-state index contributed by atoms with van der Waals surface area (Å²) in [6, 6.07) is 10.6. The molecule has 0 saturated heterocycles.